The molecule has 0 saturated heterocycles. The third-order valence-electron chi connectivity index (χ3n) is 7.92. The number of carbonyl (C=O) groups is 3. The van der Waals surface area contributed by atoms with Crippen LogP contribution in [0, 0.1) is 12.8 Å². The fraction of sp³-hybridized carbons (Fsp3) is 0.615. The van der Waals surface area contributed by atoms with E-state index in [9.17, 15) is 19.5 Å². The maximum atomic E-state index is 13.0. The van der Waals surface area contributed by atoms with E-state index in [1.807, 2.05) is 13.0 Å². The van der Waals surface area contributed by atoms with Gasteiger partial charge in [0.15, 0.2) is 23.4 Å². The number of aliphatic imine (C=N–C) groups is 1. The van der Waals surface area contributed by atoms with Crippen molar-refractivity contribution in [2.75, 3.05) is 20.1 Å². The van der Waals surface area contributed by atoms with Gasteiger partial charge in [0.25, 0.3) is 0 Å². The van der Waals surface area contributed by atoms with Crippen LogP contribution < -0.4 is 9.47 Å². The maximum Gasteiger partial charge on any atom is 0.415 e. The first-order valence-electron chi connectivity index (χ1n) is 12.2. The van der Waals surface area contributed by atoms with E-state index < -0.39 is 23.2 Å². The molecule has 1 aliphatic heterocycles. The Kier molecular flexibility index (Phi) is 5.54. The van der Waals surface area contributed by atoms with Crippen LogP contribution >= 0.6 is 0 Å². The first kappa shape index (κ1) is 23.0. The van der Waals surface area contributed by atoms with E-state index >= 15 is 0 Å². The lowest BCUT2D eigenvalue weighted by Crippen LogP contribution is -2.75. The van der Waals surface area contributed by atoms with Gasteiger partial charge in [0, 0.05) is 50.7 Å². The number of hydrogen-bond acceptors (Lipinski definition) is 7. The number of fused-ring (bicyclic) bond motifs is 1. The van der Waals surface area contributed by atoms with Crippen molar-refractivity contribution >= 4 is 23.4 Å². The highest BCUT2D eigenvalue weighted by atomic mass is 16.6. The van der Waals surface area contributed by atoms with Crippen molar-refractivity contribution in [2.24, 2.45) is 10.9 Å². The largest absolute Gasteiger partial charge is 0.477 e. The highest BCUT2D eigenvalue weighted by Gasteiger charge is 2.75. The van der Waals surface area contributed by atoms with Crippen LogP contribution in [-0.4, -0.2) is 65.2 Å². The molecule has 1 aromatic rings. The molecule has 4 aliphatic rings. The lowest BCUT2D eigenvalue weighted by atomic mass is 9.45. The number of aliphatic hydroxyl groups is 1. The molecule has 182 valence electrons. The van der Waals surface area contributed by atoms with Crippen molar-refractivity contribution in [3.63, 3.8) is 0 Å². The van der Waals surface area contributed by atoms with Crippen LogP contribution in [0.15, 0.2) is 17.1 Å². The summed E-state index contributed by atoms with van der Waals surface area (Å²) < 4.78 is 11.9. The molecule has 1 spiro atoms. The molecule has 34 heavy (non-hydrogen) atoms. The lowest BCUT2D eigenvalue weighted by molar-refractivity contribution is -0.145. The van der Waals surface area contributed by atoms with Crippen LogP contribution in [-0.2, 0) is 15.0 Å². The summed E-state index contributed by atoms with van der Waals surface area (Å²) in [5, 5.41) is 11.9. The molecule has 3 aliphatic carbocycles. The molecular weight excluding hydrogens is 436 g/mol. The lowest BCUT2D eigenvalue weighted by Gasteiger charge is -2.59. The van der Waals surface area contributed by atoms with Gasteiger partial charge in [-0.2, -0.15) is 0 Å². The highest BCUT2D eigenvalue weighted by Crippen LogP contribution is 2.65. The van der Waals surface area contributed by atoms with Crippen molar-refractivity contribution in [3.05, 3.63) is 23.3 Å². The van der Waals surface area contributed by atoms with E-state index in [1.54, 1.807) is 13.1 Å². The molecule has 2 unspecified atom stereocenters. The summed E-state index contributed by atoms with van der Waals surface area (Å²) in [4.78, 5) is 43.0. The Morgan fingerprint density at radius 2 is 2.09 bits per heavy atom. The Bertz CT molecular complexity index is 1090. The summed E-state index contributed by atoms with van der Waals surface area (Å²) in [6, 6.07) is 3.52. The van der Waals surface area contributed by atoms with Gasteiger partial charge in [0.1, 0.15) is 11.4 Å². The number of carbonyl (C=O) groups excluding carboxylic acids is 3. The van der Waals surface area contributed by atoms with Gasteiger partial charge in [-0.05, 0) is 57.1 Å². The van der Waals surface area contributed by atoms with Gasteiger partial charge in [0.2, 0.25) is 0 Å². The Labute approximate surface area is 199 Å². The number of ketones is 2. The summed E-state index contributed by atoms with van der Waals surface area (Å²) in [6.07, 6.45) is 2.98. The number of Topliss-reactive ketones (excluding diaryl/α,β-unsaturated/α-hetero) is 2. The molecule has 1 heterocycles. The Morgan fingerprint density at radius 3 is 2.79 bits per heavy atom. The zero-order chi connectivity index (χ0) is 24.3. The standard InChI is InChI=1S/C26H32N2O6/c1-15-6-9-19(33-24(31)28(3)12-4-5-16(2)29)22-21(15)25-13-20(27-14-17-7-8-17)26(25,32)11-10-18(30)23(25)34-22/h6,9,17,23,32H,4-5,7-8,10-14H2,1-3H3/t23-,25?,26?/m0/s1. The number of rotatable bonds is 7. The fourth-order valence-electron chi connectivity index (χ4n) is 5.77. The van der Waals surface area contributed by atoms with Crippen LogP contribution in [0.25, 0.3) is 0 Å². The summed E-state index contributed by atoms with van der Waals surface area (Å²) in [5.41, 5.74) is 0.299. The number of benzene rings is 1. The van der Waals surface area contributed by atoms with Crippen LogP contribution in [0.1, 0.15) is 63.0 Å². The number of hydrogen-bond donors (Lipinski definition) is 1. The quantitative estimate of drug-likeness (QED) is 0.659. The monoisotopic (exact) mass is 468 g/mol. The number of aryl methyl sites for hydroxylation is 1. The van der Waals surface area contributed by atoms with Crippen molar-refractivity contribution in [1.29, 1.82) is 0 Å². The smallest absolute Gasteiger partial charge is 0.415 e. The number of nitrogens with zero attached hydrogens (tertiary/aromatic N) is 2. The van der Waals surface area contributed by atoms with Gasteiger partial charge in [-0.25, -0.2) is 4.79 Å². The second kappa shape index (κ2) is 8.18. The van der Waals surface area contributed by atoms with Gasteiger partial charge in [-0.15, -0.1) is 0 Å². The van der Waals surface area contributed by atoms with E-state index in [-0.39, 0.29) is 23.7 Å². The summed E-state index contributed by atoms with van der Waals surface area (Å²) in [6.45, 7) is 4.57. The predicted octanol–water partition coefficient (Wildman–Crippen LogP) is 3.14. The summed E-state index contributed by atoms with van der Waals surface area (Å²) in [5.74, 6) is 1.25. The molecule has 3 fully saturated rings. The second-order valence-corrected chi connectivity index (χ2v) is 10.4. The average molecular weight is 469 g/mol. The van der Waals surface area contributed by atoms with Crippen molar-refractivity contribution in [1.82, 2.24) is 4.90 Å². The molecule has 1 amide bonds. The molecular formula is C26H32N2O6. The van der Waals surface area contributed by atoms with Gasteiger partial charge in [-0.1, -0.05) is 6.07 Å². The third kappa shape index (κ3) is 3.45. The molecule has 1 aromatic carbocycles. The van der Waals surface area contributed by atoms with Crippen molar-refractivity contribution in [2.45, 2.75) is 75.9 Å². The molecule has 1 N–H and O–H groups in total. The SMILES string of the molecule is CC(=O)CCCN(C)C(=O)Oc1ccc(C)c2c1O[C@H]1C(=O)CCC3(O)C(=NCC4CC4)CC213. The average Bonchev–Trinajstić information content (AvgIpc) is 3.53. The molecule has 3 atom stereocenters. The van der Waals surface area contributed by atoms with Crippen LogP contribution in [0.3, 0.4) is 0 Å². The summed E-state index contributed by atoms with van der Waals surface area (Å²) >= 11 is 0. The summed E-state index contributed by atoms with van der Waals surface area (Å²) in [7, 11) is 1.62. The zero-order valence-corrected chi connectivity index (χ0v) is 20.1. The van der Waals surface area contributed by atoms with Gasteiger partial charge in [0.05, 0.1) is 5.41 Å². The van der Waals surface area contributed by atoms with Gasteiger partial charge < -0.3 is 24.3 Å². The highest BCUT2D eigenvalue weighted by molar-refractivity contribution is 6.08. The molecule has 0 bridgehead atoms. The van der Waals surface area contributed by atoms with E-state index in [2.05, 4.69) is 0 Å². The van der Waals surface area contributed by atoms with E-state index in [1.165, 1.54) is 24.7 Å². The topological polar surface area (TPSA) is 106 Å². The number of ether oxygens (including phenoxy) is 2. The molecule has 3 saturated carbocycles. The Morgan fingerprint density at radius 1 is 1.32 bits per heavy atom. The minimum atomic E-state index is -1.22. The first-order valence-corrected chi connectivity index (χ1v) is 12.2. The van der Waals surface area contributed by atoms with Crippen LogP contribution in [0.5, 0.6) is 11.5 Å². The Balaban J connectivity index is 1.44. The normalized spacial score (nSPS) is 30.1. The molecule has 8 nitrogen and oxygen atoms in total. The van der Waals surface area contributed by atoms with E-state index in [0.717, 1.165) is 23.4 Å². The molecule has 0 aromatic heterocycles. The number of amides is 1. The van der Waals surface area contributed by atoms with Gasteiger partial charge in [-0.3, -0.25) is 9.79 Å². The van der Waals surface area contributed by atoms with Crippen molar-refractivity contribution < 1.29 is 29.0 Å². The first-order chi connectivity index (χ1) is 16.2. The minimum absolute atomic E-state index is 0.0415. The minimum Gasteiger partial charge on any atom is -0.477 e. The van der Waals surface area contributed by atoms with Gasteiger partial charge >= 0.3 is 6.09 Å². The Hall–Kier alpha value is -2.74. The molecule has 8 heteroatoms. The van der Waals surface area contributed by atoms with Crippen LogP contribution in [0.4, 0.5) is 4.79 Å². The fourth-order valence-corrected chi connectivity index (χ4v) is 5.77. The maximum absolute atomic E-state index is 13.0. The second-order valence-electron chi connectivity index (χ2n) is 10.4. The van der Waals surface area contributed by atoms with E-state index in [0.29, 0.717) is 43.9 Å². The van der Waals surface area contributed by atoms with E-state index in [4.69, 9.17) is 14.5 Å². The zero-order valence-electron chi connectivity index (χ0n) is 20.1. The van der Waals surface area contributed by atoms with Crippen molar-refractivity contribution in [3.8, 4) is 11.5 Å². The van der Waals surface area contributed by atoms with Crippen LogP contribution in [0.2, 0.25) is 0 Å². The predicted molar refractivity (Wildman–Crippen MR) is 125 cm³/mol. The third-order valence-corrected chi connectivity index (χ3v) is 7.92. The molecule has 5 rings (SSSR count). The molecule has 0 radical (unpaired) electrons.